The minimum absolute atomic E-state index is 0.0437. The molecule has 1 aliphatic rings. The van der Waals surface area contributed by atoms with Crippen LogP contribution >= 0.6 is 23.2 Å². The van der Waals surface area contributed by atoms with Crippen LogP contribution in [0.4, 0.5) is 5.69 Å². The molecule has 0 saturated heterocycles. The van der Waals surface area contributed by atoms with Crippen molar-refractivity contribution in [2.75, 3.05) is 25.3 Å². The summed E-state index contributed by atoms with van der Waals surface area (Å²) >= 11 is 11.8. The molecular formula is C18H16Cl2N2O7S. The first-order valence-corrected chi connectivity index (χ1v) is 10.8. The summed E-state index contributed by atoms with van der Waals surface area (Å²) in [5.41, 5.74) is 0.449. The van der Waals surface area contributed by atoms with E-state index in [1.165, 1.54) is 18.2 Å². The number of benzene rings is 2. The van der Waals surface area contributed by atoms with E-state index in [2.05, 4.69) is 10.0 Å². The Kier molecular flexibility index (Phi) is 7.03. The fourth-order valence-electron chi connectivity index (χ4n) is 2.49. The summed E-state index contributed by atoms with van der Waals surface area (Å²) in [6.45, 7) is -0.681. The second kappa shape index (κ2) is 9.52. The smallest absolute Gasteiger partial charge is 0.307 e. The van der Waals surface area contributed by atoms with Gasteiger partial charge in [-0.1, -0.05) is 29.3 Å². The third-order valence-corrected chi connectivity index (χ3v) is 6.24. The molecule has 12 heteroatoms. The number of carbonyl (C=O) groups excluding carboxylic acids is 2. The van der Waals surface area contributed by atoms with E-state index in [0.717, 1.165) is 0 Å². The van der Waals surface area contributed by atoms with E-state index in [-0.39, 0.29) is 34.7 Å². The monoisotopic (exact) mass is 474 g/mol. The number of hydrogen-bond acceptors (Lipinski definition) is 7. The molecule has 9 nitrogen and oxygen atoms in total. The summed E-state index contributed by atoms with van der Waals surface area (Å²) < 4.78 is 42.0. The van der Waals surface area contributed by atoms with E-state index in [4.69, 9.17) is 37.4 Å². The molecule has 0 bridgehead atoms. The lowest BCUT2D eigenvalue weighted by Gasteiger charge is -2.10. The number of hydrogen-bond donors (Lipinski definition) is 2. The Morgan fingerprint density at radius 3 is 2.50 bits per heavy atom. The lowest BCUT2D eigenvalue weighted by atomic mass is 10.3. The highest BCUT2D eigenvalue weighted by molar-refractivity contribution is 7.89. The minimum Gasteiger partial charge on any atom is -0.456 e. The molecule has 0 atom stereocenters. The molecule has 2 N–H and O–H groups in total. The van der Waals surface area contributed by atoms with Crippen molar-refractivity contribution >= 4 is 50.8 Å². The molecule has 0 radical (unpaired) electrons. The molecule has 1 aliphatic heterocycles. The number of halogens is 2. The molecule has 3 rings (SSSR count). The second-order valence-corrected chi connectivity index (χ2v) is 8.49. The maximum atomic E-state index is 12.3. The first kappa shape index (κ1) is 22.2. The van der Waals surface area contributed by atoms with Crippen LogP contribution in [0.15, 0.2) is 41.3 Å². The molecule has 160 valence electrons. The van der Waals surface area contributed by atoms with Gasteiger partial charge in [-0.3, -0.25) is 9.59 Å². The van der Waals surface area contributed by atoms with Crippen molar-refractivity contribution in [1.82, 2.24) is 4.72 Å². The van der Waals surface area contributed by atoms with Crippen LogP contribution in [0.1, 0.15) is 6.42 Å². The van der Waals surface area contributed by atoms with Crippen LogP contribution in [0.3, 0.4) is 0 Å². The summed E-state index contributed by atoms with van der Waals surface area (Å²) in [4.78, 5) is 23.4. The first-order chi connectivity index (χ1) is 14.3. The van der Waals surface area contributed by atoms with Gasteiger partial charge >= 0.3 is 5.97 Å². The van der Waals surface area contributed by atoms with Gasteiger partial charge in [0.05, 0.1) is 16.5 Å². The average molecular weight is 475 g/mol. The van der Waals surface area contributed by atoms with Crippen molar-refractivity contribution in [3.8, 4) is 11.5 Å². The van der Waals surface area contributed by atoms with E-state index in [9.17, 15) is 18.0 Å². The normalized spacial score (nSPS) is 12.5. The zero-order chi connectivity index (χ0) is 21.7. The first-order valence-electron chi connectivity index (χ1n) is 8.55. The number of amides is 1. The zero-order valence-corrected chi connectivity index (χ0v) is 17.6. The summed E-state index contributed by atoms with van der Waals surface area (Å²) in [5.74, 6) is -0.259. The van der Waals surface area contributed by atoms with E-state index in [0.29, 0.717) is 17.2 Å². The van der Waals surface area contributed by atoms with E-state index in [1.54, 1.807) is 18.2 Å². The van der Waals surface area contributed by atoms with Gasteiger partial charge in [-0.2, -0.15) is 0 Å². The number of ether oxygens (including phenoxy) is 3. The number of sulfonamides is 1. The third-order valence-electron chi connectivity index (χ3n) is 3.83. The maximum absolute atomic E-state index is 12.3. The Labute approximate surface area is 182 Å². The van der Waals surface area contributed by atoms with Gasteiger partial charge in [0.25, 0.3) is 5.91 Å². The molecule has 0 aliphatic carbocycles. The Morgan fingerprint density at radius 1 is 1.07 bits per heavy atom. The van der Waals surface area contributed by atoms with Crippen molar-refractivity contribution in [1.29, 1.82) is 0 Å². The van der Waals surface area contributed by atoms with Gasteiger partial charge in [-0.05, 0) is 24.3 Å². The summed E-state index contributed by atoms with van der Waals surface area (Å²) in [7, 11) is -4.02. The molecule has 0 fully saturated rings. The lowest BCUT2D eigenvalue weighted by Crippen LogP contribution is -2.28. The standard InChI is InChI=1S/C18H16Cl2N2O7S/c19-12-2-1-3-13(20)18(12)30(25,26)21-7-6-17(24)27-9-16(23)22-11-4-5-14-15(8-11)29-10-28-14/h1-5,8,21H,6-7,9-10H2,(H,22,23). The van der Waals surface area contributed by atoms with Crippen molar-refractivity contribution in [3.63, 3.8) is 0 Å². The van der Waals surface area contributed by atoms with E-state index >= 15 is 0 Å². The molecule has 0 spiro atoms. The summed E-state index contributed by atoms with van der Waals surface area (Å²) in [5, 5.41) is 2.46. The topological polar surface area (TPSA) is 120 Å². The highest BCUT2D eigenvalue weighted by atomic mass is 35.5. The van der Waals surface area contributed by atoms with Crippen molar-refractivity contribution in [3.05, 3.63) is 46.4 Å². The predicted octanol–water partition coefficient (Wildman–Crippen LogP) is 2.57. The summed E-state index contributed by atoms with van der Waals surface area (Å²) in [6.07, 6.45) is -0.293. The largest absolute Gasteiger partial charge is 0.456 e. The van der Waals surface area contributed by atoms with E-state index < -0.39 is 28.5 Å². The van der Waals surface area contributed by atoms with Gasteiger partial charge in [-0.15, -0.1) is 0 Å². The van der Waals surface area contributed by atoms with Crippen LogP contribution in [0, 0.1) is 0 Å². The number of esters is 1. The fraction of sp³-hybridized carbons (Fsp3) is 0.222. The Bertz CT molecular complexity index is 1060. The highest BCUT2D eigenvalue weighted by Crippen LogP contribution is 2.34. The summed E-state index contributed by atoms with van der Waals surface area (Å²) in [6, 6.07) is 9.11. The van der Waals surface area contributed by atoms with Crippen molar-refractivity contribution in [2.45, 2.75) is 11.3 Å². The van der Waals surface area contributed by atoms with Gasteiger partial charge in [0.1, 0.15) is 4.90 Å². The van der Waals surface area contributed by atoms with E-state index in [1.807, 2.05) is 0 Å². The number of fused-ring (bicyclic) bond motifs is 1. The van der Waals surface area contributed by atoms with Crippen molar-refractivity contribution < 1.29 is 32.2 Å². The third kappa shape index (κ3) is 5.54. The Hall–Kier alpha value is -2.53. The number of rotatable bonds is 8. The predicted molar refractivity (Wildman–Crippen MR) is 108 cm³/mol. The SMILES string of the molecule is O=C(COC(=O)CCNS(=O)(=O)c1c(Cl)cccc1Cl)Nc1ccc2c(c1)OCO2. The zero-order valence-electron chi connectivity index (χ0n) is 15.3. The van der Waals surface area contributed by atoms with Crippen LogP contribution < -0.4 is 19.5 Å². The molecule has 0 unspecified atom stereocenters. The minimum atomic E-state index is -4.02. The van der Waals surface area contributed by atoms with Gasteiger partial charge < -0.3 is 19.5 Å². The quantitative estimate of drug-likeness (QED) is 0.563. The van der Waals surface area contributed by atoms with Crippen molar-refractivity contribution in [2.24, 2.45) is 0 Å². The molecule has 0 saturated carbocycles. The highest BCUT2D eigenvalue weighted by Gasteiger charge is 2.21. The van der Waals surface area contributed by atoms with Gasteiger partial charge in [0.2, 0.25) is 16.8 Å². The molecule has 30 heavy (non-hydrogen) atoms. The van der Waals surface area contributed by atoms with Gasteiger partial charge in [-0.25, -0.2) is 13.1 Å². The molecule has 1 heterocycles. The van der Waals surface area contributed by atoms with Crippen LogP contribution in [0.2, 0.25) is 10.0 Å². The molecule has 0 aromatic heterocycles. The van der Waals surface area contributed by atoms with Gasteiger partial charge in [0.15, 0.2) is 18.1 Å². The Morgan fingerprint density at radius 2 is 1.77 bits per heavy atom. The van der Waals surface area contributed by atoms with Crippen LogP contribution in [0.5, 0.6) is 11.5 Å². The molecule has 2 aromatic carbocycles. The molecular weight excluding hydrogens is 459 g/mol. The lowest BCUT2D eigenvalue weighted by molar-refractivity contribution is -0.147. The van der Waals surface area contributed by atoms with Gasteiger partial charge in [0, 0.05) is 18.3 Å². The molecule has 1 amide bonds. The number of anilines is 1. The van der Waals surface area contributed by atoms with Crippen LogP contribution in [0.25, 0.3) is 0 Å². The second-order valence-electron chi connectivity index (χ2n) is 5.98. The Balaban J connectivity index is 1.43. The van der Waals surface area contributed by atoms with Crippen LogP contribution in [-0.4, -0.2) is 40.2 Å². The fourth-order valence-corrected chi connectivity index (χ4v) is 4.66. The molecule has 2 aromatic rings. The number of carbonyl (C=O) groups is 2. The van der Waals surface area contributed by atoms with Crippen LogP contribution in [-0.2, 0) is 24.3 Å². The number of nitrogens with one attached hydrogen (secondary N) is 2. The average Bonchev–Trinajstić information content (AvgIpc) is 3.13. The maximum Gasteiger partial charge on any atom is 0.307 e.